The topological polar surface area (TPSA) is 69.3 Å². The van der Waals surface area contributed by atoms with Gasteiger partial charge in [-0.3, -0.25) is 9.59 Å². The lowest BCUT2D eigenvalue weighted by molar-refractivity contribution is -0.142. The van der Waals surface area contributed by atoms with Gasteiger partial charge in [0, 0.05) is 26.6 Å². The normalized spacial score (nSPS) is 16.8. The second-order valence-corrected chi connectivity index (χ2v) is 8.06. The molecule has 2 heterocycles. The van der Waals surface area contributed by atoms with Gasteiger partial charge in [-0.05, 0) is 37.0 Å². The standard InChI is InChI=1S/C24H28N4O2/c1-27(17-22-25-20-11-5-6-12-21(20)26-22)24(30)19-13-14-23(29)28(16-19)15-7-10-18-8-3-2-4-9-18/h2-6,8-9,11-12,19H,7,10,13-17H2,1H3,(H,25,26)/t19-/m0/s1. The van der Waals surface area contributed by atoms with Gasteiger partial charge in [0.1, 0.15) is 5.82 Å². The maximum absolute atomic E-state index is 13.0. The summed E-state index contributed by atoms with van der Waals surface area (Å²) in [4.78, 5) is 36.8. The van der Waals surface area contributed by atoms with Gasteiger partial charge in [-0.1, -0.05) is 42.5 Å². The Morgan fingerprint density at radius 2 is 1.93 bits per heavy atom. The van der Waals surface area contributed by atoms with Crippen molar-refractivity contribution in [2.24, 2.45) is 5.92 Å². The van der Waals surface area contributed by atoms with Crippen LogP contribution in [0.4, 0.5) is 0 Å². The predicted molar refractivity (Wildman–Crippen MR) is 117 cm³/mol. The van der Waals surface area contributed by atoms with Crippen molar-refractivity contribution in [1.29, 1.82) is 0 Å². The lowest BCUT2D eigenvalue weighted by Crippen LogP contribution is -2.46. The Morgan fingerprint density at radius 1 is 1.17 bits per heavy atom. The van der Waals surface area contributed by atoms with Crippen molar-refractivity contribution in [3.05, 3.63) is 66.0 Å². The molecule has 1 aliphatic rings. The molecule has 1 atom stereocenters. The van der Waals surface area contributed by atoms with Crippen LogP contribution in [-0.2, 0) is 22.6 Å². The summed E-state index contributed by atoms with van der Waals surface area (Å²) in [6, 6.07) is 18.1. The molecule has 0 aliphatic carbocycles. The second kappa shape index (κ2) is 9.11. The van der Waals surface area contributed by atoms with Crippen molar-refractivity contribution in [3.8, 4) is 0 Å². The number of piperidine rings is 1. The Bertz CT molecular complexity index is 981. The van der Waals surface area contributed by atoms with E-state index in [9.17, 15) is 9.59 Å². The number of carbonyl (C=O) groups excluding carboxylic acids is 2. The molecule has 0 unspecified atom stereocenters. The number of aromatic nitrogens is 2. The van der Waals surface area contributed by atoms with Gasteiger partial charge in [-0.15, -0.1) is 0 Å². The van der Waals surface area contributed by atoms with E-state index >= 15 is 0 Å². The molecule has 30 heavy (non-hydrogen) atoms. The van der Waals surface area contributed by atoms with Crippen molar-refractivity contribution in [2.45, 2.75) is 32.2 Å². The molecular weight excluding hydrogens is 376 g/mol. The van der Waals surface area contributed by atoms with Crippen LogP contribution in [0.25, 0.3) is 11.0 Å². The zero-order valence-electron chi connectivity index (χ0n) is 17.4. The first kappa shape index (κ1) is 20.1. The van der Waals surface area contributed by atoms with E-state index in [1.807, 2.05) is 54.4 Å². The van der Waals surface area contributed by atoms with Crippen LogP contribution in [0, 0.1) is 5.92 Å². The number of nitrogens with zero attached hydrogens (tertiary/aromatic N) is 3. The molecule has 1 aromatic heterocycles. The molecule has 1 saturated heterocycles. The van der Waals surface area contributed by atoms with Gasteiger partial charge in [0.15, 0.2) is 0 Å². The summed E-state index contributed by atoms with van der Waals surface area (Å²) >= 11 is 0. The van der Waals surface area contributed by atoms with E-state index in [0.717, 1.165) is 29.7 Å². The summed E-state index contributed by atoms with van der Waals surface area (Å²) in [5.41, 5.74) is 3.16. The van der Waals surface area contributed by atoms with Crippen LogP contribution in [0.2, 0.25) is 0 Å². The van der Waals surface area contributed by atoms with Crippen LogP contribution in [0.3, 0.4) is 0 Å². The summed E-state index contributed by atoms with van der Waals surface area (Å²) < 4.78 is 0. The van der Waals surface area contributed by atoms with Crippen molar-refractivity contribution in [3.63, 3.8) is 0 Å². The number of para-hydroxylation sites is 2. The quantitative estimate of drug-likeness (QED) is 0.656. The van der Waals surface area contributed by atoms with Crippen molar-refractivity contribution < 1.29 is 9.59 Å². The average molecular weight is 405 g/mol. The van der Waals surface area contributed by atoms with Crippen LogP contribution < -0.4 is 0 Å². The van der Waals surface area contributed by atoms with Crippen LogP contribution in [-0.4, -0.2) is 51.7 Å². The first-order valence-corrected chi connectivity index (χ1v) is 10.6. The number of imidazole rings is 1. The molecular formula is C24H28N4O2. The van der Waals surface area contributed by atoms with E-state index in [1.54, 1.807) is 4.90 Å². The number of hydrogen-bond acceptors (Lipinski definition) is 3. The molecule has 2 amide bonds. The summed E-state index contributed by atoms with van der Waals surface area (Å²) in [6.07, 6.45) is 2.91. The maximum Gasteiger partial charge on any atom is 0.227 e. The summed E-state index contributed by atoms with van der Waals surface area (Å²) in [6.45, 7) is 1.65. The van der Waals surface area contributed by atoms with Crippen LogP contribution in [0.15, 0.2) is 54.6 Å². The number of nitrogens with one attached hydrogen (secondary N) is 1. The third-order valence-corrected chi connectivity index (χ3v) is 5.79. The van der Waals surface area contributed by atoms with Gasteiger partial charge >= 0.3 is 0 Å². The highest BCUT2D eigenvalue weighted by Gasteiger charge is 2.31. The highest BCUT2D eigenvalue weighted by atomic mass is 16.2. The third kappa shape index (κ3) is 4.70. The van der Waals surface area contributed by atoms with E-state index < -0.39 is 0 Å². The van der Waals surface area contributed by atoms with E-state index in [-0.39, 0.29) is 17.7 Å². The number of hydrogen-bond donors (Lipinski definition) is 1. The number of rotatable bonds is 7. The zero-order chi connectivity index (χ0) is 20.9. The van der Waals surface area contributed by atoms with Gasteiger partial charge < -0.3 is 14.8 Å². The fourth-order valence-electron chi connectivity index (χ4n) is 4.15. The van der Waals surface area contributed by atoms with Gasteiger partial charge in [0.05, 0.1) is 23.5 Å². The van der Waals surface area contributed by atoms with Crippen LogP contribution in [0.1, 0.15) is 30.7 Å². The number of amides is 2. The molecule has 6 nitrogen and oxygen atoms in total. The molecule has 3 aromatic rings. The molecule has 0 spiro atoms. The smallest absolute Gasteiger partial charge is 0.227 e. The van der Waals surface area contributed by atoms with E-state index in [1.165, 1.54) is 5.56 Å². The summed E-state index contributed by atoms with van der Waals surface area (Å²) in [5.74, 6) is 0.871. The Morgan fingerprint density at radius 3 is 2.73 bits per heavy atom. The first-order valence-electron chi connectivity index (χ1n) is 10.6. The molecule has 1 N–H and O–H groups in total. The van der Waals surface area contributed by atoms with Crippen molar-refractivity contribution in [2.75, 3.05) is 20.1 Å². The molecule has 0 radical (unpaired) electrons. The molecule has 2 aromatic carbocycles. The van der Waals surface area contributed by atoms with Gasteiger partial charge in [-0.2, -0.15) is 0 Å². The highest BCUT2D eigenvalue weighted by molar-refractivity contribution is 5.84. The number of benzene rings is 2. The first-order chi connectivity index (χ1) is 14.6. The van der Waals surface area contributed by atoms with Crippen molar-refractivity contribution in [1.82, 2.24) is 19.8 Å². The Kier molecular flexibility index (Phi) is 6.12. The Balaban J connectivity index is 1.32. The number of likely N-dealkylation sites (tertiary alicyclic amines) is 1. The number of fused-ring (bicyclic) bond motifs is 1. The van der Waals surface area contributed by atoms with Gasteiger partial charge in [0.25, 0.3) is 0 Å². The molecule has 4 rings (SSSR count). The molecule has 0 bridgehead atoms. The van der Waals surface area contributed by atoms with Crippen LogP contribution >= 0.6 is 0 Å². The highest BCUT2D eigenvalue weighted by Crippen LogP contribution is 2.21. The van der Waals surface area contributed by atoms with Crippen molar-refractivity contribution >= 4 is 22.8 Å². The minimum atomic E-state index is -0.145. The summed E-state index contributed by atoms with van der Waals surface area (Å²) in [7, 11) is 1.81. The lowest BCUT2D eigenvalue weighted by atomic mass is 9.95. The molecule has 6 heteroatoms. The van der Waals surface area contributed by atoms with Gasteiger partial charge in [0.2, 0.25) is 11.8 Å². The fourth-order valence-corrected chi connectivity index (χ4v) is 4.15. The van der Waals surface area contributed by atoms with E-state index in [2.05, 4.69) is 22.1 Å². The fraction of sp³-hybridized carbons (Fsp3) is 0.375. The predicted octanol–water partition coefficient (Wildman–Crippen LogP) is 3.39. The largest absolute Gasteiger partial charge is 0.342 e. The third-order valence-electron chi connectivity index (χ3n) is 5.79. The number of aromatic amines is 1. The Hall–Kier alpha value is -3.15. The number of H-pyrrole nitrogens is 1. The van der Waals surface area contributed by atoms with Crippen LogP contribution in [0.5, 0.6) is 0 Å². The monoisotopic (exact) mass is 404 g/mol. The minimum absolute atomic E-state index is 0.0796. The molecule has 0 saturated carbocycles. The van der Waals surface area contributed by atoms with Gasteiger partial charge in [-0.25, -0.2) is 4.98 Å². The molecule has 156 valence electrons. The molecule has 1 aliphatic heterocycles. The lowest BCUT2D eigenvalue weighted by Gasteiger charge is -2.33. The van der Waals surface area contributed by atoms with E-state index in [0.29, 0.717) is 32.5 Å². The Labute approximate surface area is 176 Å². The average Bonchev–Trinajstić information content (AvgIpc) is 3.17. The number of aryl methyl sites for hydroxylation is 1. The summed E-state index contributed by atoms with van der Waals surface area (Å²) in [5, 5.41) is 0. The molecule has 1 fully saturated rings. The maximum atomic E-state index is 13.0. The zero-order valence-corrected chi connectivity index (χ0v) is 17.4. The SMILES string of the molecule is CN(Cc1nc2ccccc2[nH]1)C(=O)[C@H]1CCC(=O)N(CCCc2ccccc2)C1. The second-order valence-electron chi connectivity index (χ2n) is 8.06. The number of carbonyl (C=O) groups is 2. The minimum Gasteiger partial charge on any atom is -0.342 e. The van der Waals surface area contributed by atoms with E-state index in [4.69, 9.17) is 0 Å².